The molecule has 0 radical (unpaired) electrons. The Morgan fingerprint density at radius 2 is 1.56 bits per heavy atom. The average Bonchev–Trinajstić information content (AvgIpc) is 3.27. The summed E-state index contributed by atoms with van der Waals surface area (Å²) < 4.78 is 14.8. The standard InChI is InChI=1S/C26H22BN3O2/c1-25(2)26(3,4)32-27(31-25)16-10-12-19-20(14-16)18-13-11-17(28-5)15-23(18)30-22-9-7-6-8-21(22)29-24(19)30/h6-15H,1-4H3. The minimum absolute atomic E-state index is 0.399. The molecule has 5 aromatic rings. The average molecular weight is 419 g/mol. The largest absolute Gasteiger partial charge is 0.494 e. The fraction of sp³-hybridized carbons (Fsp3) is 0.231. The Hall–Kier alpha value is -3.40. The van der Waals surface area contributed by atoms with Crippen LogP contribution in [0.25, 0.3) is 43.2 Å². The Kier molecular flexibility index (Phi) is 3.81. The van der Waals surface area contributed by atoms with E-state index in [4.69, 9.17) is 20.9 Å². The second kappa shape index (κ2) is 6.32. The molecule has 1 fully saturated rings. The Labute approximate surface area is 186 Å². The van der Waals surface area contributed by atoms with Crippen LogP contribution in [0.5, 0.6) is 0 Å². The van der Waals surface area contributed by atoms with E-state index in [2.05, 4.69) is 61.2 Å². The van der Waals surface area contributed by atoms with Crippen LogP contribution in [0.1, 0.15) is 27.7 Å². The third kappa shape index (κ3) is 2.56. The van der Waals surface area contributed by atoms with E-state index in [9.17, 15) is 0 Å². The van der Waals surface area contributed by atoms with Gasteiger partial charge < -0.3 is 9.31 Å². The van der Waals surface area contributed by atoms with Gasteiger partial charge in [0.05, 0.1) is 28.8 Å². The topological polar surface area (TPSA) is 40.1 Å². The molecule has 0 N–H and O–H groups in total. The van der Waals surface area contributed by atoms with Crippen molar-refractivity contribution in [3.63, 3.8) is 0 Å². The van der Waals surface area contributed by atoms with Crippen molar-refractivity contribution in [2.24, 2.45) is 0 Å². The third-order valence-electron chi connectivity index (χ3n) is 7.01. The zero-order valence-corrected chi connectivity index (χ0v) is 18.5. The minimum atomic E-state index is -0.433. The van der Waals surface area contributed by atoms with Gasteiger partial charge in [-0.1, -0.05) is 42.5 Å². The smallest absolute Gasteiger partial charge is 0.399 e. The highest BCUT2D eigenvalue weighted by molar-refractivity contribution is 6.62. The first-order valence-corrected chi connectivity index (χ1v) is 10.8. The highest BCUT2D eigenvalue weighted by Gasteiger charge is 2.51. The monoisotopic (exact) mass is 419 g/mol. The molecule has 3 aromatic carbocycles. The first kappa shape index (κ1) is 19.3. The van der Waals surface area contributed by atoms with Gasteiger partial charge in [0.1, 0.15) is 5.65 Å². The van der Waals surface area contributed by atoms with Gasteiger partial charge in [0.25, 0.3) is 0 Å². The highest BCUT2D eigenvalue weighted by Crippen LogP contribution is 2.38. The van der Waals surface area contributed by atoms with Crippen LogP contribution in [-0.2, 0) is 9.31 Å². The number of fused-ring (bicyclic) bond motifs is 8. The maximum Gasteiger partial charge on any atom is 0.494 e. The van der Waals surface area contributed by atoms with Crippen molar-refractivity contribution in [2.45, 2.75) is 38.9 Å². The summed E-state index contributed by atoms with van der Waals surface area (Å²) in [6.45, 7) is 15.8. The number of hydrogen-bond acceptors (Lipinski definition) is 3. The second-order valence-corrected chi connectivity index (χ2v) is 9.47. The summed E-state index contributed by atoms with van der Waals surface area (Å²) in [5.74, 6) is 0. The van der Waals surface area contributed by atoms with Gasteiger partial charge in [0, 0.05) is 16.3 Å². The molecular weight excluding hydrogens is 397 g/mol. The van der Waals surface area contributed by atoms with E-state index < -0.39 is 18.3 Å². The number of nitrogens with zero attached hydrogens (tertiary/aromatic N) is 3. The van der Waals surface area contributed by atoms with Gasteiger partial charge in [-0.25, -0.2) is 9.83 Å². The van der Waals surface area contributed by atoms with Gasteiger partial charge in [0.15, 0.2) is 5.69 Å². The maximum atomic E-state index is 7.50. The lowest BCUT2D eigenvalue weighted by Crippen LogP contribution is -2.41. The van der Waals surface area contributed by atoms with E-state index in [0.29, 0.717) is 5.69 Å². The molecule has 0 bridgehead atoms. The number of rotatable bonds is 1. The zero-order valence-electron chi connectivity index (χ0n) is 18.5. The summed E-state index contributed by atoms with van der Waals surface area (Å²) in [7, 11) is -0.433. The number of hydrogen-bond donors (Lipinski definition) is 0. The van der Waals surface area contributed by atoms with Crippen molar-refractivity contribution in [2.75, 3.05) is 0 Å². The first-order chi connectivity index (χ1) is 15.3. The fourth-order valence-electron chi connectivity index (χ4n) is 4.56. The van der Waals surface area contributed by atoms with Crippen molar-refractivity contribution in [1.29, 1.82) is 0 Å². The van der Waals surface area contributed by atoms with Gasteiger partial charge in [-0.05, 0) is 56.7 Å². The van der Waals surface area contributed by atoms with E-state index >= 15 is 0 Å². The maximum absolute atomic E-state index is 7.50. The first-order valence-electron chi connectivity index (χ1n) is 10.8. The van der Waals surface area contributed by atoms with Gasteiger partial charge in [-0.3, -0.25) is 4.40 Å². The van der Waals surface area contributed by atoms with Crippen LogP contribution in [0.3, 0.4) is 0 Å². The lowest BCUT2D eigenvalue weighted by molar-refractivity contribution is 0.00578. The van der Waals surface area contributed by atoms with Crippen molar-refractivity contribution in [3.8, 4) is 0 Å². The molecule has 6 heteroatoms. The summed E-state index contributed by atoms with van der Waals surface area (Å²) in [5, 5.41) is 3.21. The fourth-order valence-corrected chi connectivity index (χ4v) is 4.56. The molecule has 1 aliphatic heterocycles. The molecule has 0 unspecified atom stereocenters. The van der Waals surface area contributed by atoms with Gasteiger partial charge in [-0.2, -0.15) is 0 Å². The predicted octanol–water partition coefficient (Wildman–Crippen LogP) is 5.64. The third-order valence-corrected chi connectivity index (χ3v) is 7.01. The van der Waals surface area contributed by atoms with Gasteiger partial charge in [-0.15, -0.1) is 0 Å². The highest BCUT2D eigenvalue weighted by atomic mass is 16.7. The van der Waals surface area contributed by atoms with Crippen LogP contribution in [-0.4, -0.2) is 27.7 Å². The quantitative estimate of drug-likeness (QED) is 0.201. The summed E-state index contributed by atoms with van der Waals surface area (Å²) >= 11 is 0. The Bertz CT molecular complexity index is 1590. The predicted molar refractivity (Wildman–Crippen MR) is 130 cm³/mol. The second-order valence-electron chi connectivity index (χ2n) is 9.47. The van der Waals surface area contributed by atoms with Crippen molar-refractivity contribution >= 4 is 56.6 Å². The minimum Gasteiger partial charge on any atom is -0.399 e. The Morgan fingerprint density at radius 1 is 0.844 bits per heavy atom. The summed E-state index contributed by atoms with van der Waals surface area (Å²) in [6.07, 6.45) is 0. The van der Waals surface area contributed by atoms with Crippen LogP contribution in [0.4, 0.5) is 5.69 Å². The lowest BCUT2D eigenvalue weighted by atomic mass is 9.78. The zero-order chi connectivity index (χ0) is 22.3. The number of imidazole rings is 1. The molecule has 0 aliphatic carbocycles. The van der Waals surface area contributed by atoms with E-state index in [-0.39, 0.29) is 0 Å². The molecule has 5 nitrogen and oxygen atoms in total. The van der Waals surface area contributed by atoms with Crippen molar-refractivity contribution in [1.82, 2.24) is 9.38 Å². The number of pyridine rings is 1. The molecule has 0 spiro atoms. The number of benzene rings is 3. The van der Waals surface area contributed by atoms with Gasteiger partial charge in [0.2, 0.25) is 0 Å². The molecule has 32 heavy (non-hydrogen) atoms. The van der Waals surface area contributed by atoms with E-state index in [1.807, 2.05) is 36.4 Å². The van der Waals surface area contributed by atoms with Crippen molar-refractivity contribution < 1.29 is 9.31 Å². The summed E-state index contributed by atoms with van der Waals surface area (Å²) in [6, 6.07) is 20.3. The van der Waals surface area contributed by atoms with Crippen LogP contribution < -0.4 is 5.46 Å². The molecule has 1 saturated heterocycles. The SMILES string of the molecule is [C-]#[N+]c1ccc2c3cc(B4OC(C)(C)C(C)(C)O4)ccc3c3nc4ccccc4n3c2c1. The van der Waals surface area contributed by atoms with Crippen molar-refractivity contribution in [3.05, 3.63) is 72.1 Å². The normalized spacial score (nSPS) is 17.5. The van der Waals surface area contributed by atoms with Gasteiger partial charge >= 0.3 is 7.12 Å². The molecule has 3 heterocycles. The molecule has 0 amide bonds. The molecule has 0 atom stereocenters. The summed E-state index contributed by atoms with van der Waals surface area (Å²) in [5.41, 5.74) is 4.62. The molecule has 156 valence electrons. The van der Waals surface area contributed by atoms with Crippen LogP contribution >= 0.6 is 0 Å². The van der Waals surface area contributed by atoms with E-state index in [1.54, 1.807) is 0 Å². The summed E-state index contributed by atoms with van der Waals surface area (Å²) in [4.78, 5) is 8.61. The van der Waals surface area contributed by atoms with Crippen LogP contribution in [0, 0.1) is 6.57 Å². The Balaban J connectivity index is 1.69. The Morgan fingerprint density at radius 3 is 2.31 bits per heavy atom. The van der Waals surface area contributed by atoms with E-state index in [1.165, 1.54) is 0 Å². The molecule has 0 saturated carbocycles. The van der Waals surface area contributed by atoms with Crippen LogP contribution in [0.15, 0.2) is 60.7 Å². The molecule has 2 aromatic heterocycles. The van der Waals surface area contributed by atoms with E-state index in [0.717, 1.165) is 43.8 Å². The molecule has 1 aliphatic rings. The molecular formula is C26H22BN3O2. The van der Waals surface area contributed by atoms with Crippen LogP contribution in [0.2, 0.25) is 0 Å². The number of para-hydroxylation sites is 2. The molecule has 6 rings (SSSR count). The lowest BCUT2D eigenvalue weighted by Gasteiger charge is -2.32. The number of aromatic nitrogens is 2.